The van der Waals surface area contributed by atoms with Gasteiger partial charge in [0, 0.05) is 38.0 Å². The molecule has 0 saturated heterocycles. The highest BCUT2D eigenvalue weighted by Crippen LogP contribution is 2.27. The maximum absolute atomic E-state index is 13.4. The van der Waals surface area contributed by atoms with Crippen molar-refractivity contribution in [3.05, 3.63) is 40.9 Å². The van der Waals surface area contributed by atoms with Gasteiger partial charge in [-0.15, -0.1) is 11.3 Å². The van der Waals surface area contributed by atoms with E-state index < -0.39 is 6.04 Å². The van der Waals surface area contributed by atoms with Crippen LogP contribution in [0, 0.1) is 5.92 Å². The lowest BCUT2D eigenvalue weighted by molar-refractivity contribution is -0.129. The van der Waals surface area contributed by atoms with E-state index in [4.69, 9.17) is 4.98 Å². The summed E-state index contributed by atoms with van der Waals surface area (Å²) >= 11 is 1.55. The molecule has 3 N–H and O–H groups in total. The molecule has 0 aliphatic heterocycles. The molecular formula is C28H43N5O3S. The fraction of sp³-hybridized carbons (Fsp3) is 0.571. The van der Waals surface area contributed by atoms with Gasteiger partial charge in [0.25, 0.3) is 0 Å². The zero-order chi connectivity index (χ0) is 27.5. The van der Waals surface area contributed by atoms with E-state index in [2.05, 4.69) is 41.9 Å². The van der Waals surface area contributed by atoms with E-state index >= 15 is 0 Å². The summed E-state index contributed by atoms with van der Waals surface area (Å²) in [5, 5.41) is 9.64. The van der Waals surface area contributed by atoms with Crippen molar-refractivity contribution in [2.75, 3.05) is 27.2 Å². The number of nitrogens with zero attached hydrogens (tertiary/aromatic N) is 2. The zero-order valence-corrected chi connectivity index (χ0v) is 24.1. The Labute approximate surface area is 225 Å². The van der Waals surface area contributed by atoms with Crippen molar-refractivity contribution in [3.63, 3.8) is 0 Å². The molecule has 8 nitrogen and oxygen atoms in total. The first kappa shape index (κ1) is 30.4. The van der Waals surface area contributed by atoms with Gasteiger partial charge in [-0.1, -0.05) is 53.2 Å². The fourth-order valence-corrected chi connectivity index (χ4v) is 4.78. The number of carbonyl (C=O) groups is 3. The Balaban J connectivity index is 2.15. The number of carbonyl (C=O) groups excluding carboxylic acids is 3. The molecular weight excluding hydrogens is 486 g/mol. The van der Waals surface area contributed by atoms with Crippen LogP contribution < -0.4 is 16.0 Å². The minimum Gasteiger partial charge on any atom is -0.350 e. The molecule has 0 spiro atoms. The molecule has 204 valence electrons. The molecule has 0 aliphatic carbocycles. The number of hydrogen-bond donors (Lipinski definition) is 3. The Hall–Kier alpha value is -2.78. The topological polar surface area (TPSA) is 103 Å². The van der Waals surface area contributed by atoms with Gasteiger partial charge in [-0.3, -0.25) is 14.4 Å². The standard InChI is InChI=1S/C28H43N5O3S/c1-8-19(5)23(17-29-26(35)11-10-14-33(6)7)32-28(36)22(30-25(34)9-2)16-27-31-21-13-12-20(18(3)4)15-24(21)37-27/h10-13,15,18-19,22-23H,8-9,14,16-17H2,1-7H3,(H,29,35)(H,30,34)(H,32,36)/b11-10+/t19-,22-,23+/m0/s1. The Morgan fingerprint density at radius 2 is 1.84 bits per heavy atom. The normalized spacial score (nSPS) is 14.2. The quantitative estimate of drug-likeness (QED) is 0.324. The van der Waals surface area contributed by atoms with Crippen molar-refractivity contribution in [3.8, 4) is 0 Å². The van der Waals surface area contributed by atoms with Crippen LogP contribution in [0.1, 0.15) is 63.9 Å². The third-order valence-electron chi connectivity index (χ3n) is 6.37. The maximum atomic E-state index is 13.4. The molecule has 0 radical (unpaired) electrons. The molecule has 2 aromatic rings. The highest BCUT2D eigenvalue weighted by molar-refractivity contribution is 7.18. The van der Waals surface area contributed by atoms with Crippen LogP contribution in [0.3, 0.4) is 0 Å². The molecule has 2 rings (SSSR count). The summed E-state index contributed by atoms with van der Waals surface area (Å²) in [6, 6.07) is 5.22. The predicted molar refractivity (Wildman–Crippen MR) is 152 cm³/mol. The molecule has 1 aromatic carbocycles. The van der Waals surface area contributed by atoms with Crippen LogP contribution in [-0.2, 0) is 20.8 Å². The second kappa shape index (κ2) is 14.8. The number of benzene rings is 1. The van der Waals surface area contributed by atoms with Crippen molar-refractivity contribution in [2.24, 2.45) is 5.92 Å². The van der Waals surface area contributed by atoms with Crippen LogP contribution in [0.2, 0.25) is 0 Å². The Kier molecular flexibility index (Phi) is 12.2. The maximum Gasteiger partial charge on any atom is 0.243 e. The van der Waals surface area contributed by atoms with Crippen LogP contribution in [0.4, 0.5) is 0 Å². The second-order valence-electron chi connectivity index (χ2n) is 10.1. The van der Waals surface area contributed by atoms with Gasteiger partial charge in [-0.05, 0) is 43.6 Å². The van der Waals surface area contributed by atoms with E-state index in [0.29, 0.717) is 25.4 Å². The lowest BCUT2D eigenvalue weighted by atomic mass is 9.98. The summed E-state index contributed by atoms with van der Waals surface area (Å²) in [5.74, 6) is -0.113. The van der Waals surface area contributed by atoms with Crippen LogP contribution in [0.15, 0.2) is 30.4 Å². The summed E-state index contributed by atoms with van der Waals surface area (Å²) in [7, 11) is 3.86. The fourth-order valence-electron chi connectivity index (χ4n) is 3.72. The van der Waals surface area contributed by atoms with E-state index in [1.54, 1.807) is 24.3 Å². The molecule has 0 fully saturated rings. The van der Waals surface area contributed by atoms with Crippen LogP contribution in [-0.4, -0.2) is 66.9 Å². The van der Waals surface area contributed by atoms with Crippen LogP contribution >= 0.6 is 11.3 Å². The molecule has 1 aromatic heterocycles. The highest BCUT2D eigenvalue weighted by atomic mass is 32.1. The Morgan fingerprint density at radius 3 is 2.46 bits per heavy atom. The monoisotopic (exact) mass is 529 g/mol. The Bertz CT molecular complexity index is 1080. The number of hydrogen-bond acceptors (Lipinski definition) is 6. The molecule has 0 bridgehead atoms. The van der Waals surface area contributed by atoms with Gasteiger partial charge in [0.05, 0.1) is 15.2 Å². The van der Waals surface area contributed by atoms with E-state index in [9.17, 15) is 14.4 Å². The Morgan fingerprint density at radius 1 is 1.11 bits per heavy atom. The molecule has 37 heavy (non-hydrogen) atoms. The van der Waals surface area contributed by atoms with E-state index in [1.165, 1.54) is 11.6 Å². The lowest BCUT2D eigenvalue weighted by Gasteiger charge is -2.27. The smallest absolute Gasteiger partial charge is 0.243 e. The molecule has 0 saturated carbocycles. The lowest BCUT2D eigenvalue weighted by Crippen LogP contribution is -2.54. The average molecular weight is 530 g/mol. The molecule has 1 heterocycles. The molecule has 0 unspecified atom stereocenters. The number of rotatable bonds is 14. The van der Waals surface area contributed by atoms with Gasteiger partial charge in [0.15, 0.2) is 0 Å². The minimum atomic E-state index is -0.750. The SMILES string of the molecule is CCC(=O)N[C@@H](Cc1nc2ccc(C(C)C)cc2s1)C(=O)N[C@H](CNC(=O)/C=C/CN(C)C)[C@@H](C)CC. The molecule has 3 atom stereocenters. The number of aromatic nitrogens is 1. The van der Waals surface area contributed by atoms with Crippen molar-refractivity contribution >= 4 is 39.3 Å². The largest absolute Gasteiger partial charge is 0.350 e. The van der Waals surface area contributed by atoms with Crippen molar-refractivity contribution in [1.29, 1.82) is 0 Å². The van der Waals surface area contributed by atoms with Gasteiger partial charge in [-0.2, -0.15) is 0 Å². The third kappa shape index (κ3) is 9.89. The van der Waals surface area contributed by atoms with Crippen molar-refractivity contribution in [1.82, 2.24) is 25.8 Å². The average Bonchev–Trinajstić information content (AvgIpc) is 3.26. The van der Waals surface area contributed by atoms with Gasteiger partial charge in [0.1, 0.15) is 6.04 Å². The summed E-state index contributed by atoms with van der Waals surface area (Å²) in [5.41, 5.74) is 2.14. The summed E-state index contributed by atoms with van der Waals surface area (Å²) in [6.45, 7) is 11.1. The number of thiazole rings is 1. The summed E-state index contributed by atoms with van der Waals surface area (Å²) < 4.78 is 1.07. The first-order chi connectivity index (χ1) is 17.5. The first-order valence-corrected chi connectivity index (χ1v) is 13.9. The van der Waals surface area contributed by atoms with Gasteiger partial charge < -0.3 is 20.9 Å². The van der Waals surface area contributed by atoms with Crippen LogP contribution in [0.25, 0.3) is 10.2 Å². The van der Waals surface area contributed by atoms with E-state index in [-0.39, 0.29) is 36.1 Å². The first-order valence-electron chi connectivity index (χ1n) is 13.1. The molecule has 9 heteroatoms. The van der Waals surface area contributed by atoms with Crippen molar-refractivity contribution < 1.29 is 14.4 Å². The number of likely N-dealkylation sites (N-methyl/N-ethyl adjacent to an activating group) is 1. The van der Waals surface area contributed by atoms with Crippen molar-refractivity contribution in [2.45, 2.75) is 71.9 Å². The summed E-state index contributed by atoms with van der Waals surface area (Å²) in [6.07, 6.45) is 4.73. The van der Waals surface area contributed by atoms with Gasteiger partial charge in [-0.25, -0.2) is 4.98 Å². The third-order valence-corrected chi connectivity index (χ3v) is 7.41. The number of amides is 3. The highest BCUT2D eigenvalue weighted by Gasteiger charge is 2.27. The number of nitrogens with one attached hydrogen (secondary N) is 3. The zero-order valence-electron chi connectivity index (χ0n) is 23.3. The second-order valence-corrected chi connectivity index (χ2v) is 11.2. The summed E-state index contributed by atoms with van der Waals surface area (Å²) in [4.78, 5) is 44.6. The van der Waals surface area contributed by atoms with E-state index in [0.717, 1.165) is 21.6 Å². The van der Waals surface area contributed by atoms with Gasteiger partial charge >= 0.3 is 0 Å². The molecule has 3 amide bonds. The van der Waals surface area contributed by atoms with E-state index in [1.807, 2.05) is 38.9 Å². The molecule has 0 aliphatic rings. The number of fused-ring (bicyclic) bond motifs is 1. The van der Waals surface area contributed by atoms with Crippen LogP contribution in [0.5, 0.6) is 0 Å². The minimum absolute atomic E-state index is 0.134. The predicted octanol–water partition coefficient (Wildman–Crippen LogP) is 3.62. The van der Waals surface area contributed by atoms with Gasteiger partial charge in [0.2, 0.25) is 17.7 Å².